The van der Waals surface area contributed by atoms with Gasteiger partial charge in [-0.2, -0.15) is 0 Å². The Morgan fingerprint density at radius 3 is 2.27 bits per heavy atom. The average molecular weight is 213 g/mol. The highest BCUT2D eigenvalue weighted by Crippen LogP contribution is 1.92. The van der Waals surface area contributed by atoms with Gasteiger partial charge in [-0.05, 0) is 19.0 Å². The van der Waals surface area contributed by atoms with Crippen molar-refractivity contribution in [3.05, 3.63) is 25.4 Å². The fourth-order valence-electron chi connectivity index (χ4n) is 0.726. The third-order valence-corrected chi connectivity index (χ3v) is 1.40. The summed E-state index contributed by atoms with van der Waals surface area (Å²) in [5.74, 6) is -0.444. The van der Waals surface area contributed by atoms with Crippen LogP contribution in [-0.4, -0.2) is 25.3 Å². The van der Waals surface area contributed by atoms with Crippen LogP contribution in [0, 0.1) is 0 Å². The van der Waals surface area contributed by atoms with Crippen LogP contribution < -0.4 is 5.32 Å². The number of unbranched alkanes of at least 4 members (excludes halogenated alkanes) is 1. The minimum Gasteiger partial charge on any atom is -0.463 e. The number of esters is 1. The molecular weight excluding hydrogens is 198 g/mol. The zero-order chi connectivity index (χ0) is 11.5. The van der Waals surface area contributed by atoms with Gasteiger partial charge < -0.3 is 9.47 Å². The van der Waals surface area contributed by atoms with Crippen molar-refractivity contribution in [3.63, 3.8) is 0 Å². The first-order valence-corrected chi connectivity index (χ1v) is 4.54. The van der Waals surface area contributed by atoms with E-state index in [9.17, 15) is 9.59 Å². The number of hydrogen-bond acceptors (Lipinski definition) is 4. The molecule has 1 amide bonds. The fraction of sp³-hybridized carbons (Fsp3) is 0.400. The Balaban J connectivity index is 3.24. The van der Waals surface area contributed by atoms with Gasteiger partial charge in [-0.3, -0.25) is 5.32 Å². The lowest BCUT2D eigenvalue weighted by molar-refractivity contribution is -0.137. The highest BCUT2D eigenvalue weighted by molar-refractivity contribution is 5.81. The molecule has 15 heavy (non-hydrogen) atoms. The summed E-state index contributed by atoms with van der Waals surface area (Å²) in [6.45, 7) is 7.15. The standard InChI is InChI=1S/C10H15NO4/c1-3-9(12)14-7-5-6-8-15-10(13)11-4-2/h3-4H,1-2,5-8H2,(H,11,13). The zero-order valence-electron chi connectivity index (χ0n) is 8.53. The first kappa shape index (κ1) is 13.2. The van der Waals surface area contributed by atoms with E-state index in [0.717, 1.165) is 6.08 Å². The summed E-state index contributed by atoms with van der Waals surface area (Å²) in [7, 11) is 0. The molecule has 0 unspecified atom stereocenters. The van der Waals surface area contributed by atoms with Crippen LogP contribution in [0.3, 0.4) is 0 Å². The molecule has 5 nitrogen and oxygen atoms in total. The van der Waals surface area contributed by atoms with Crippen molar-refractivity contribution in [3.8, 4) is 0 Å². The monoisotopic (exact) mass is 213 g/mol. The Kier molecular flexibility index (Phi) is 7.76. The van der Waals surface area contributed by atoms with Crippen molar-refractivity contribution in [2.75, 3.05) is 13.2 Å². The second kappa shape index (κ2) is 8.80. The molecule has 0 aromatic heterocycles. The molecule has 0 aliphatic carbocycles. The third kappa shape index (κ3) is 8.55. The van der Waals surface area contributed by atoms with Crippen LogP contribution in [0.4, 0.5) is 4.79 Å². The summed E-state index contributed by atoms with van der Waals surface area (Å²) in [5.41, 5.74) is 0. The number of rotatable bonds is 7. The number of hydrogen-bond donors (Lipinski definition) is 1. The number of alkyl carbamates (subject to hydrolysis) is 1. The van der Waals surface area contributed by atoms with Crippen molar-refractivity contribution in [2.45, 2.75) is 12.8 Å². The van der Waals surface area contributed by atoms with Crippen LogP contribution >= 0.6 is 0 Å². The van der Waals surface area contributed by atoms with Crippen LogP contribution in [0.15, 0.2) is 25.4 Å². The third-order valence-electron chi connectivity index (χ3n) is 1.40. The minimum atomic E-state index is -0.534. The van der Waals surface area contributed by atoms with Crippen molar-refractivity contribution >= 4 is 12.1 Å². The smallest absolute Gasteiger partial charge is 0.411 e. The van der Waals surface area contributed by atoms with Gasteiger partial charge in [-0.25, -0.2) is 9.59 Å². The van der Waals surface area contributed by atoms with Gasteiger partial charge in [0.1, 0.15) is 0 Å². The topological polar surface area (TPSA) is 64.6 Å². The molecule has 0 bridgehead atoms. The first-order valence-electron chi connectivity index (χ1n) is 4.54. The van der Waals surface area contributed by atoms with E-state index >= 15 is 0 Å². The van der Waals surface area contributed by atoms with Crippen LogP contribution in [0.1, 0.15) is 12.8 Å². The average Bonchev–Trinajstić information content (AvgIpc) is 2.23. The molecule has 0 spiro atoms. The summed E-state index contributed by atoms with van der Waals surface area (Å²) in [6.07, 6.45) is 3.09. The molecule has 0 atom stereocenters. The van der Waals surface area contributed by atoms with Crippen LogP contribution in [0.25, 0.3) is 0 Å². The normalized spacial score (nSPS) is 8.80. The van der Waals surface area contributed by atoms with E-state index in [0.29, 0.717) is 19.4 Å². The van der Waals surface area contributed by atoms with Crippen molar-refractivity contribution in [1.29, 1.82) is 0 Å². The van der Waals surface area contributed by atoms with Gasteiger partial charge in [0.15, 0.2) is 0 Å². The lowest BCUT2D eigenvalue weighted by Crippen LogP contribution is -2.18. The van der Waals surface area contributed by atoms with Crippen LogP contribution in [-0.2, 0) is 14.3 Å². The Morgan fingerprint density at radius 2 is 1.73 bits per heavy atom. The molecule has 0 rings (SSSR count). The highest BCUT2D eigenvalue weighted by Gasteiger charge is 1.98. The number of nitrogens with one attached hydrogen (secondary N) is 1. The molecule has 84 valence electrons. The predicted octanol–water partition coefficient (Wildman–Crippen LogP) is 1.37. The molecule has 0 aliphatic heterocycles. The lowest BCUT2D eigenvalue weighted by atomic mass is 10.3. The van der Waals surface area contributed by atoms with Gasteiger partial charge in [0.2, 0.25) is 0 Å². The van der Waals surface area contributed by atoms with Crippen LogP contribution in [0.5, 0.6) is 0 Å². The molecular formula is C10H15NO4. The summed E-state index contributed by atoms with van der Waals surface area (Å²) in [5, 5.41) is 2.27. The molecule has 0 aromatic carbocycles. The summed E-state index contributed by atoms with van der Waals surface area (Å²) < 4.78 is 9.45. The summed E-state index contributed by atoms with van der Waals surface area (Å²) in [4.78, 5) is 21.3. The van der Waals surface area contributed by atoms with Gasteiger partial charge in [0.25, 0.3) is 0 Å². The lowest BCUT2D eigenvalue weighted by Gasteiger charge is -2.04. The molecule has 0 radical (unpaired) electrons. The van der Waals surface area contributed by atoms with E-state index in [-0.39, 0.29) is 6.61 Å². The maximum absolute atomic E-state index is 10.7. The van der Waals surface area contributed by atoms with Gasteiger partial charge >= 0.3 is 12.1 Å². The quantitative estimate of drug-likeness (QED) is 0.394. The van der Waals surface area contributed by atoms with Crippen molar-refractivity contribution in [1.82, 2.24) is 5.32 Å². The Morgan fingerprint density at radius 1 is 1.13 bits per heavy atom. The molecule has 5 heteroatoms. The molecule has 0 aliphatic rings. The molecule has 0 heterocycles. The zero-order valence-corrected chi connectivity index (χ0v) is 8.53. The Bertz CT molecular complexity index is 238. The molecule has 0 aromatic rings. The number of carbonyl (C=O) groups is 2. The van der Waals surface area contributed by atoms with Crippen LogP contribution in [0.2, 0.25) is 0 Å². The molecule has 0 saturated heterocycles. The molecule has 0 saturated carbocycles. The Hall–Kier alpha value is -1.78. The SMILES string of the molecule is C=CNC(=O)OCCCCOC(=O)C=C. The number of amides is 1. The fourth-order valence-corrected chi connectivity index (χ4v) is 0.726. The predicted molar refractivity (Wildman–Crippen MR) is 55.1 cm³/mol. The van der Waals surface area contributed by atoms with Crippen molar-refractivity contribution < 1.29 is 19.1 Å². The maximum atomic E-state index is 10.7. The van der Waals surface area contributed by atoms with E-state index in [1.807, 2.05) is 0 Å². The molecule has 1 N–H and O–H groups in total. The van der Waals surface area contributed by atoms with Gasteiger partial charge in [0, 0.05) is 6.08 Å². The van der Waals surface area contributed by atoms with Gasteiger partial charge in [0.05, 0.1) is 13.2 Å². The number of carbonyl (C=O) groups excluding carboxylic acids is 2. The number of ether oxygens (including phenoxy) is 2. The molecule has 0 fully saturated rings. The van der Waals surface area contributed by atoms with Gasteiger partial charge in [-0.1, -0.05) is 13.2 Å². The summed E-state index contributed by atoms with van der Waals surface area (Å²) >= 11 is 0. The largest absolute Gasteiger partial charge is 0.463 e. The van der Waals surface area contributed by atoms with Gasteiger partial charge in [-0.15, -0.1) is 0 Å². The van der Waals surface area contributed by atoms with E-state index in [4.69, 9.17) is 9.47 Å². The van der Waals surface area contributed by atoms with E-state index in [1.54, 1.807) is 0 Å². The first-order chi connectivity index (χ1) is 7.20. The second-order valence-electron chi connectivity index (χ2n) is 2.56. The van der Waals surface area contributed by atoms with Crippen molar-refractivity contribution in [2.24, 2.45) is 0 Å². The summed E-state index contributed by atoms with van der Waals surface area (Å²) in [6, 6.07) is 0. The van der Waals surface area contributed by atoms with E-state index in [1.165, 1.54) is 6.20 Å². The highest BCUT2D eigenvalue weighted by atomic mass is 16.5. The van der Waals surface area contributed by atoms with E-state index in [2.05, 4.69) is 18.5 Å². The Labute approximate surface area is 88.7 Å². The second-order valence-corrected chi connectivity index (χ2v) is 2.56. The maximum Gasteiger partial charge on any atom is 0.411 e. The van der Waals surface area contributed by atoms with E-state index < -0.39 is 12.1 Å². The minimum absolute atomic E-state index is 0.283.